The monoisotopic (exact) mass is 349 g/mol. The summed E-state index contributed by atoms with van der Waals surface area (Å²) in [6.45, 7) is 0. The Labute approximate surface area is 140 Å². The molecule has 0 aliphatic rings. The lowest BCUT2D eigenvalue weighted by Gasteiger charge is -2.04. The van der Waals surface area contributed by atoms with Crippen LogP contribution < -0.4 is 11.1 Å². The van der Waals surface area contributed by atoms with Crippen LogP contribution in [0.3, 0.4) is 0 Å². The molecular weight excluding hydrogens is 338 g/mol. The van der Waals surface area contributed by atoms with Gasteiger partial charge in [-0.2, -0.15) is 0 Å². The van der Waals surface area contributed by atoms with E-state index in [0.29, 0.717) is 22.2 Å². The van der Waals surface area contributed by atoms with Crippen LogP contribution in [0.1, 0.15) is 0 Å². The van der Waals surface area contributed by atoms with Gasteiger partial charge < -0.3 is 11.1 Å². The molecule has 22 heavy (non-hydrogen) atoms. The van der Waals surface area contributed by atoms with E-state index in [0.717, 1.165) is 14.6 Å². The number of thioether (sulfide) groups is 1. The smallest absolute Gasteiger partial charge is 0.234 e. The molecule has 2 aromatic carbocycles. The third-order valence-electron chi connectivity index (χ3n) is 2.83. The van der Waals surface area contributed by atoms with E-state index in [1.54, 1.807) is 24.3 Å². The zero-order valence-corrected chi connectivity index (χ0v) is 13.8. The number of nitrogens with zero attached hydrogens (tertiary/aromatic N) is 1. The van der Waals surface area contributed by atoms with Gasteiger partial charge in [0.2, 0.25) is 5.91 Å². The molecule has 0 aliphatic carbocycles. The second-order valence-corrected chi connectivity index (χ2v) is 7.24. The minimum Gasteiger partial charge on any atom is -0.399 e. The molecule has 4 nitrogen and oxygen atoms in total. The van der Waals surface area contributed by atoms with Gasteiger partial charge in [0.05, 0.1) is 16.0 Å². The highest BCUT2D eigenvalue weighted by Crippen LogP contribution is 2.30. The number of nitrogen functional groups attached to an aromatic ring is 1. The Morgan fingerprint density at radius 2 is 2.18 bits per heavy atom. The van der Waals surface area contributed by atoms with Crippen molar-refractivity contribution in [3.8, 4) is 0 Å². The Kier molecular flexibility index (Phi) is 4.52. The molecule has 0 spiro atoms. The van der Waals surface area contributed by atoms with Crippen LogP contribution in [-0.2, 0) is 4.79 Å². The molecule has 0 radical (unpaired) electrons. The fourth-order valence-electron chi connectivity index (χ4n) is 1.87. The minimum absolute atomic E-state index is 0.0916. The first kappa shape index (κ1) is 15.1. The van der Waals surface area contributed by atoms with Crippen molar-refractivity contribution in [3.05, 3.63) is 47.5 Å². The quantitative estimate of drug-likeness (QED) is 0.545. The fourth-order valence-corrected chi connectivity index (χ4v) is 3.98. The van der Waals surface area contributed by atoms with Crippen LogP contribution >= 0.6 is 34.7 Å². The Morgan fingerprint density at radius 3 is 3.00 bits per heavy atom. The molecule has 0 atom stereocenters. The van der Waals surface area contributed by atoms with Crippen molar-refractivity contribution in [2.45, 2.75) is 4.34 Å². The largest absolute Gasteiger partial charge is 0.399 e. The van der Waals surface area contributed by atoms with E-state index in [-0.39, 0.29) is 5.91 Å². The van der Waals surface area contributed by atoms with Crippen molar-refractivity contribution in [2.24, 2.45) is 0 Å². The number of anilines is 2. The van der Waals surface area contributed by atoms with Gasteiger partial charge in [-0.3, -0.25) is 4.79 Å². The first-order valence-electron chi connectivity index (χ1n) is 6.44. The molecule has 3 aromatic rings. The van der Waals surface area contributed by atoms with E-state index in [1.807, 2.05) is 18.2 Å². The van der Waals surface area contributed by atoms with Crippen LogP contribution in [0.15, 0.2) is 46.8 Å². The molecule has 0 fully saturated rings. The molecular formula is C15H12ClN3OS2. The predicted molar refractivity (Wildman–Crippen MR) is 94.8 cm³/mol. The Balaban J connectivity index is 1.62. The summed E-state index contributed by atoms with van der Waals surface area (Å²) in [6, 6.07) is 12.7. The van der Waals surface area contributed by atoms with Crippen molar-refractivity contribution in [3.63, 3.8) is 0 Å². The Bertz CT molecular complexity index is 835. The van der Waals surface area contributed by atoms with Gasteiger partial charge in [0, 0.05) is 16.4 Å². The molecule has 3 N–H and O–H groups in total. The predicted octanol–water partition coefficient (Wildman–Crippen LogP) is 4.26. The topological polar surface area (TPSA) is 68.0 Å². The number of carbonyl (C=O) groups is 1. The molecule has 1 amide bonds. The lowest BCUT2D eigenvalue weighted by molar-refractivity contribution is -0.113. The minimum atomic E-state index is -0.0916. The third kappa shape index (κ3) is 3.71. The van der Waals surface area contributed by atoms with E-state index in [4.69, 9.17) is 17.3 Å². The number of nitrogens with two attached hydrogens (primary N) is 1. The van der Waals surface area contributed by atoms with Crippen LogP contribution in [0.4, 0.5) is 11.4 Å². The maximum atomic E-state index is 11.9. The third-order valence-corrected chi connectivity index (χ3v) is 5.22. The number of benzene rings is 2. The molecule has 1 heterocycles. The van der Waals surface area contributed by atoms with Crippen molar-refractivity contribution >= 4 is 62.2 Å². The number of rotatable bonds is 4. The van der Waals surface area contributed by atoms with Crippen LogP contribution in [0.25, 0.3) is 10.2 Å². The average Bonchev–Trinajstić information content (AvgIpc) is 2.87. The van der Waals surface area contributed by atoms with Gasteiger partial charge >= 0.3 is 0 Å². The van der Waals surface area contributed by atoms with Gasteiger partial charge in [-0.15, -0.1) is 11.3 Å². The molecule has 112 valence electrons. The molecule has 0 saturated carbocycles. The molecule has 1 aromatic heterocycles. The number of hydrogen-bond donors (Lipinski definition) is 2. The van der Waals surface area contributed by atoms with Gasteiger partial charge in [0.25, 0.3) is 0 Å². The summed E-state index contributed by atoms with van der Waals surface area (Å²) in [5.74, 6) is 0.202. The second-order valence-electron chi connectivity index (χ2n) is 4.55. The van der Waals surface area contributed by atoms with Crippen molar-refractivity contribution in [1.82, 2.24) is 4.98 Å². The molecule has 0 bridgehead atoms. The van der Waals surface area contributed by atoms with Crippen LogP contribution in [0.5, 0.6) is 0 Å². The van der Waals surface area contributed by atoms with Gasteiger partial charge in [0.15, 0.2) is 4.34 Å². The summed E-state index contributed by atoms with van der Waals surface area (Å²) in [5, 5.41) is 3.40. The van der Waals surface area contributed by atoms with Crippen LogP contribution in [0, 0.1) is 0 Å². The van der Waals surface area contributed by atoms with E-state index in [2.05, 4.69) is 10.3 Å². The SMILES string of the molecule is Nc1ccc2nc(SCC(=O)Nc3cccc(Cl)c3)sc2c1. The van der Waals surface area contributed by atoms with Crippen molar-refractivity contribution < 1.29 is 4.79 Å². The molecule has 3 rings (SSSR count). The van der Waals surface area contributed by atoms with Crippen molar-refractivity contribution in [2.75, 3.05) is 16.8 Å². The molecule has 0 aliphatic heterocycles. The normalized spacial score (nSPS) is 10.8. The number of fused-ring (bicyclic) bond motifs is 1. The average molecular weight is 350 g/mol. The zero-order chi connectivity index (χ0) is 15.5. The second kappa shape index (κ2) is 6.56. The Morgan fingerprint density at radius 1 is 1.32 bits per heavy atom. The number of halogens is 1. The van der Waals surface area contributed by atoms with Crippen molar-refractivity contribution in [1.29, 1.82) is 0 Å². The number of hydrogen-bond acceptors (Lipinski definition) is 5. The van der Waals surface area contributed by atoms with E-state index >= 15 is 0 Å². The summed E-state index contributed by atoms with van der Waals surface area (Å²) in [5.41, 5.74) is 8.05. The standard InChI is InChI=1S/C15H12ClN3OS2/c16-9-2-1-3-11(6-9)18-14(20)8-21-15-19-12-5-4-10(17)7-13(12)22-15/h1-7H,8,17H2,(H,18,20). The lowest BCUT2D eigenvalue weighted by atomic mass is 10.3. The molecule has 0 saturated heterocycles. The summed E-state index contributed by atoms with van der Waals surface area (Å²) >= 11 is 8.82. The maximum absolute atomic E-state index is 11.9. The number of thiazole rings is 1. The van der Waals surface area contributed by atoms with E-state index in [1.165, 1.54) is 23.1 Å². The van der Waals surface area contributed by atoms with Gasteiger partial charge in [-0.05, 0) is 36.4 Å². The first-order valence-corrected chi connectivity index (χ1v) is 8.62. The van der Waals surface area contributed by atoms with E-state index in [9.17, 15) is 4.79 Å². The number of amides is 1. The molecule has 7 heteroatoms. The highest BCUT2D eigenvalue weighted by Gasteiger charge is 2.08. The highest BCUT2D eigenvalue weighted by molar-refractivity contribution is 8.01. The van der Waals surface area contributed by atoms with Gasteiger partial charge in [-0.1, -0.05) is 29.4 Å². The number of carbonyl (C=O) groups excluding carboxylic acids is 1. The lowest BCUT2D eigenvalue weighted by Crippen LogP contribution is -2.13. The van der Waals surface area contributed by atoms with Gasteiger partial charge in [0.1, 0.15) is 0 Å². The summed E-state index contributed by atoms with van der Waals surface area (Å²) in [7, 11) is 0. The zero-order valence-electron chi connectivity index (χ0n) is 11.4. The summed E-state index contributed by atoms with van der Waals surface area (Å²) in [6.07, 6.45) is 0. The van der Waals surface area contributed by atoms with Crippen LogP contribution in [0.2, 0.25) is 5.02 Å². The fraction of sp³-hybridized carbons (Fsp3) is 0.0667. The van der Waals surface area contributed by atoms with Crippen LogP contribution in [-0.4, -0.2) is 16.6 Å². The number of aromatic nitrogens is 1. The first-order chi connectivity index (χ1) is 10.6. The van der Waals surface area contributed by atoms with E-state index < -0.39 is 0 Å². The maximum Gasteiger partial charge on any atom is 0.234 e. The highest BCUT2D eigenvalue weighted by atomic mass is 35.5. The molecule has 0 unspecified atom stereocenters. The summed E-state index contributed by atoms with van der Waals surface area (Å²) in [4.78, 5) is 16.4. The van der Waals surface area contributed by atoms with Gasteiger partial charge in [-0.25, -0.2) is 4.98 Å². The number of nitrogens with one attached hydrogen (secondary N) is 1. The Hall–Kier alpha value is -1.76. The summed E-state index contributed by atoms with van der Waals surface area (Å²) < 4.78 is 1.87.